The highest BCUT2D eigenvalue weighted by Gasteiger charge is 2.19. The normalized spacial score (nSPS) is 10.8. The smallest absolute Gasteiger partial charge is 0.233 e. The van der Waals surface area contributed by atoms with Gasteiger partial charge in [0.1, 0.15) is 5.82 Å². The molecule has 6 nitrogen and oxygen atoms in total. The van der Waals surface area contributed by atoms with Crippen LogP contribution in [0.1, 0.15) is 5.56 Å². The molecular formula is C23H19ClFN5OS. The summed E-state index contributed by atoms with van der Waals surface area (Å²) in [6.07, 6.45) is 3.39. The van der Waals surface area contributed by atoms with Crippen molar-refractivity contribution in [3.63, 3.8) is 0 Å². The standard InChI is InChI=1S/C23H19ClFN5OS/c1-29(14-18-19(24)8-5-9-20(18)25)21(31)15-32-23-28-27-22(16-10-12-26-13-11-16)30(23)17-6-3-2-4-7-17/h2-13H,14-15H2,1H3. The second-order valence-electron chi connectivity index (χ2n) is 6.95. The predicted molar refractivity (Wildman–Crippen MR) is 123 cm³/mol. The van der Waals surface area contributed by atoms with Crippen LogP contribution >= 0.6 is 23.4 Å². The van der Waals surface area contributed by atoms with E-state index in [1.54, 1.807) is 25.5 Å². The lowest BCUT2D eigenvalue weighted by molar-refractivity contribution is -0.127. The highest BCUT2D eigenvalue weighted by atomic mass is 35.5. The van der Waals surface area contributed by atoms with E-state index in [4.69, 9.17) is 11.6 Å². The van der Waals surface area contributed by atoms with Gasteiger partial charge in [-0.05, 0) is 36.4 Å². The molecular weight excluding hydrogens is 449 g/mol. The summed E-state index contributed by atoms with van der Waals surface area (Å²) in [7, 11) is 1.62. The molecule has 0 atom stereocenters. The molecule has 32 heavy (non-hydrogen) atoms. The molecule has 9 heteroatoms. The molecule has 0 aliphatic heterocycles. The maximum Gasteiger partial charge on any atom is 0.233 e. The zero-order valence-electron chi connectivity index (χ0n) is 17.2. The molecule has 0 aliphatic carbocycles. The largest absolute Gasteiger partial charge is 0.341 e. The monoisotopic (exact) mass is 467 g/mol. The van der Waals surface area contributed by atoms with Crippen LogP contribution in [0.4, 0.5) is 4.39 Å². The van der Waals surface area contributed by atoms with Crippen molar-refractivity contribution >= 4 is 29.3 Å². The molecule has 1 amide bonds. The van der Waals surface area contributed by atoms with Crippen LogP contribution in [0.15, 0.2) is 78.2 Å². The van der Waals surface area contributed by atoms with E-state index in [1.807, 2.05) is 47.0 Å². The third-order valence-corrected chi connectivity index (χ3v) is 6.06. The number of thioether (sulfide) groups is 1. The molecule has 4 aromatic rings. The average molecular weight is 468 g/mol. The number of para-hydroxylation sites is 1. The molecule has 0 radical (unpaired) electrons. The lowest BCUT2D eigenvalue weighted by Crippen LogP contribution is -2.28. The van der Waals surface area contributed by atoms with E-state index in [0.29, 0.717) is 21.6 Å². The van der Waals surface area contributed by atoms with Gasteiger partial charge in [0, 0.05) is 47.8 Å². The highest BCUT2D eigenvalue weighted by molar-refractivity contribution is 7.99. The van der Waals surface area contributed by atoms with E-state index >= 15 is 0 Å². The van der Waals surface area contributed by atoms with Crippen molar-refractivity contribution in [1.29, 1.82) is 0 Å². The van der Waals surface area contributed by atoms with Gasteiger partial charge in [0.15, 0.2) is 11.0 Å². The Morgan fingerprint density at radius 3 is 2.53 bits per heavy atom. The summed E-state index contributed by atoms with van der Waals surface area (Å²) in [5.41, 5.74) is 2.04. The highest BCUT2D eigenvalue weighted by Crippen LogP contribution is 2.28. The van der Waals surface area contributed by atoms with Crippen LogP contribution in [0.25, 0.3) is 17.1 Å². The number of benzene rings is 2. The molecule has 0 fully saturated rings. The molecule has 2 heterocycles. The number of aromatic nitrogens is 4. The summed E-state index contributed by atoms with van der Waals surface area (Å²) >= 11 is 7.36. The first-order chi connectivity index (χ1) is 15.5. The molecule has 0 bridgehead atoms. The molecule has 0 N–H and O–H groups in total. The van der Waals surface area contributed by atoms with Crippen LogP contribution in [-0.4, -0.2) is 43.4 Å². The Labute approximate surface area is 194 Å². The third kappa shape index (κ3) is 4.81. The van der Waals surface area contributed by atoms with Crippen molar-refractivity contribution in [1.82, 2.24) is 24.6 Å². The fourth-order valence-corrected chi connectivity index (χ4v) is 4.22. The maximum absolute atomic E-state index is 14.1. The quantitative estimate of drug-likeness (QED) is 0.363. The van der Waals surface area contributed by atoms with Crippen molar-refractivity contribution in [2.24, 2.45) is 0 Å². The van der Waals surface area contributed by atoms with Crippen LogP contribution < -0.4 is 0 Å². The fraction of sp³-hybridized carbons (Fsp3) is 0.130. The van der Waals surface area contributed by atoms with E-state index < -0.39 is 5.82 Å². The van der Waals surface area contributed by atoms with E-state index in [1.165, 1.54) is 28.8 Å². The summed E-state index contributed by atoms with van der Waals surface area (Å²) < 4.78 is 16.0. The summed E-state index contributed by atoms with van der Waals surface area (Å²) in [5, 5.41) is 9.54. The second kappa shape index (κ2) is 9.93. The van der Waals surface area contributed by atoms with Gasteiger partial charge in [-0.25, -0.2) is 4.39 Å². The van der Waals surface area contributed by atoms with Crippen LogP contribution in [0, 0.1) is 5.82 Å². The van der Waals surface area contributed by atoms with Gasteiger partial charge in [-0.15, -0.1) is 10.2 Å². The number of pyridine rings is 1. The van der Waals surface area contributed by atoms with Crippen LogP contribution in [0.5, 0.6) is 0 Å². The zero-order chi connectivity index (χ0) is 22.5. The zero-order valence-corrected chi connectivity index (χ0v) is 18.7. The first-order valence-corrected chi connectivity index (χ1v) is 11.1. The lowest BCUT2D eigenvalue weighted by Gasteiger charge is -2.18. The predicted octanol–water partition coefficient (Wildman–Crippen LogP) is 4.87. The minimum atomic E-state index is -0.435. The molecule has 0 unspecified atom stereocenters. The molecule has 162 valence electrons. The summed E-state index contributed by atoms with van der Waals surface area (Å²) in [4.78, 5) is 18.2. The maximum atomic E-state index is 14.1. The average Bonchev–Trinajstić information content (AvgIpc) is 3.25. The fourth-order valence-electron chi connectivity index (χ4n) is 3.11. The van der Waals surface area contributed by atoms with Gasteiger partial charge in [-0.1, -0.05) is 47.6 Å². The Kier molecular flexibility index (Phi) is 6.82. The summed E-state index contributed by atoms with van der Waals surface area (Å²) in [6, 6.07) is 17.9. The molecule has 2 aromatic carbocycles. The first-order valence-electron chi connectivity index (χ1n) is 9.75. The van der Waals surface area contributed by atoms with E-state index in [0.717, 1.165) is 11.3 Å². The van der Waals surface area contributed by atoms with E-state index in [2.05, 4.69) is 15.2 Å². The molecule has 0 aliphatic rings. The van der Waals surface area contributed by atoms with Crippen molar-refractivity contribution in [3.8, 4) is 17.1 Å². The molecule has 0 spiro atoms. The van der Waals surface area contributed by atoms with Crippen molar-refractivity contribution in [2.45, 2.75) is 11.7 Å². The van der Waals surface area contributed by atoms with Crippen molar-refractivity contribution in [2.75, 3.05) is 12.8 Å². The number of carbonyl (C=O) groups is 1. The number of halogens is 2. The van der Waals surface area contributed by atoms with Crippen molar-refractivity contribution in [3.05, 3.63) is 89.5 Å². The molecule has 0 saturated heterocycles. The molecule has 2 aromatic heterocycles. The van der Waals surface area contributed by atoms with Gasteiger partial charge in [-0.3, -0.25) is 14.3 Å². The number of amides is 1. The number of nitrogens with zero attached hydrogens (tertiary/aromatic N) is 5. The molecule has 4 rings (SSSR count). The van der Waals surface area contributed by atoms with Gasteiger partial charge in [0.05, 0.1) is 5.75 Å². The first kappa shape index (κ1) is 22.0. The second-order valence-corrected chi connectivity index (χ2v) is 8.30. The van der Waals surface area contributed by atoms with Gasteiger partial charge in [-0.2, -0.15) is 0 Å². The van der Waals surface area contributed by atoms with E-state index in [-0.39, 0.29) is 18.2 Å². The molecule has 0 saturated carbocycles. The Hall–Kier alpha value is -3.23. The van der Waals surface area contributed by atoms with E-state index in [9.17, 15) is 9.18 Å². The number of rotatable bonds is 7. The van der Waals surface area contributed by atoms with Crippen LogP contribution in [0.3, 0.4) is 0 Å². The lowest BCUT2D eigenvalue weighted by atomic mass is 10.2. The Morgan fingerprint density at radius 2 is 1.81 bits per heavy atom. The SMILES string of the molecule is CN(Cc1c(F)cccc1Cl)C(=O)CSc1nnc(-c2ccncc2)n1-c1ccccc1. The number of carbonyl (C=O) groups excluding carboxylic acids is 1. The summed E-state index contributed by atoms with van der Waals surface area (Å²) in [6.45, 7) is 0.0819. The van der Waals surface area contributed by atoms with Gasteiger partial charge < -0.3 is 4.90 Å². The van der Waals surface area contributed by atoms with Gasteiger partial charge >= 0.3 is 0 Å². The Bertz CT molecular complexity index is 1200. The summed E-state index contributed by atoms with van der Waals surface area (Å²) in [5.74, 6) is 0.155. The topological polar surface area (TPSA) is 63.9 Å². The minimum Gasteiger partial charge on any atom is -0.341 e. The third-order valence-electron chi connectivity index (χ3n) is 4.79. The van der Waals surface area contributed by atoms with Gasteiger partial charge in [0.2, 0.25) is 5.91 Å². The van der Waals surface area contributed by atoms with Crippen LogP contribution in [0.2, 0.25) is 5.02 Å². The number of hydrogen-bond acceptors (Lipinski definition) is 5. The number of hydrogen-bond donors (Lipinski definition) is 0. The minimum absolute atomic E-state index is 0.0819. The van der Waals surface area contributed by atoms with Gasteiger partial charge in [0.25, 0.3) is 0 Å². The Balaban J connectivity index is 1.54. The van der Waals surface area contributed by atoms with Crippen molar-refractivity contribution < 1.29 is 9.18 Å². The Morgan fingerprint density at radius 1 is 1.06 bits per heavy atom. The van der Waals surface area contributed by atoms with Crippen LogP contribution in [-0.2, 0) is 11.3 Å².